The highest BCUT2D eigenvalue weighted by atomic mass is 35.5. The molecule has 0 amide bonds. The van der Waals surface area contributed by atoms with Crippen molar-refractivity contribution in [1.82, 2.24) is 15.5 Å². The number of nitrogens with one attached hydrogen (secondary N) is 2. The van der Waals surface area contributed by atoms with Crippen LogP contribution in [0.4, 0.5) is 0 Å². The Morgan fingerprint density at radius 1 is 0.892 bits per heavy atom. The normalized spacial score (nSPS) is 30.4. The minimum absolute atomic E-state index is 0. The van der Waals surface area contributed by atoms with Crippen LogP contribution in [0.3, 0.4) is 0 Å². The number of alkyl halides is 1. The first-order chi connectivity index (χ1) is 15.3. The zero-order valence-corrected chi connectivity index (χ0v) is 24.7. The van der Waals surface area contributed by atoms with Gasteiger partial charge in [-0.15, -0.1) is 11.6 Å². The highest BCUT2D eigenvalue weighted by molar-refractivity contribution is 6.20. The lowest BCUT2D eigenvalue weighted by Crippen LogP contribution is -2.53. The van der Waals surface area contributed by atoms with Crippen molar-refractivity contribution in [2.75, 3.05) is 39.3 Å². The first-order valence-corrected chi connectivity index (χ1v) is 14.5. The second-order valence-corrected chi connectivity index (χ2v) is 13.2. The molecule has 0 aromatic carbocycles. The summed E-state index contributed by atoms with van der Waals surface area (Å²) < 4.78 is 0. The van der Waals surface area contributed by atoms with Crippen LogP contribution in [0.15, 0.2) is 0 Å². The standard InChI is InChI=1S/C28H54ClN3.CH4.4H2O/c1-6-30-17-22-8-7-9-23(16-22)18-31-27(21(2)3)19-32-15-14-26(28(4,5)20-32)24-10-12-25(29)13-11-24;;;;;/h21-27,30-31H,6-20H2,1-5H3;1H4;4*1H2/t22?,23?,24?,25?,26?,27-;;;;;/m0...../s1. The van der Waals surface area contributed by atoms with Crippen LogP contribution in [-0.4, -0.2) is 77.5 Å². The predicted octanol–water partition coefficient (Wildman–Crippen LogP) is 3.50. The molecule has 3 fully saturated rings. The maximum Gasteiger partial charge on any atom is 0.0336 e. The molecule has 0 aromatic rings. The Kier molecular flexibility index (Phi) is 22.4. The van der Waals surface area contributed by atoms with Gasteiger partial charge in [0.2, 0.25) is 0 Å². The second kappa shape index (κ2) is 20.0. The van der Waals surface area contributed by atoms with Crippen molar-refractivity contribution in [3.05, 3.63) is 0 Å². The molecule has 0 aromatic heterocycles. The lowest BCUT2D eigenvalue weighted by atomic mass is 9.64. The van der Waals surface area contributed by atoms with Crippen LogP contribution in [0, 0.1) is 35.0 Å². The summed E-state index contributed by atoms with van der Waals surface area (Å²) in [5.41, 5.74) is 0.423. The monoisotopic (exact) mass is 555 g/mol. The van der Waals surface area contributed by atoms with E-state index in [2.05, 4.69) is 50.2 Å². The van der Waals surface area contributed by atoms with E-state index >= 15 is 0 Å². The Bertz CT molecular complexity index is 547. The molecule has 8 heteroatoms. The lowest BCUT2D eigenvalue weighted by molar-refractivity contribution is 0.00453. The molecular weight excluding hydrogens is 490 g/mol. The van der Waals surface area contributed by atoms with E-state index in [0.717, 1.165) is 30.2 Å². The van der Waals surface area contributed by atoms with Gasteiger partial charge in [-0.1, -0.05) is 48.5 Å². The SMILES string of the molecule is C.CCNCC1CCCC(CN[C@@H](CN2CCC(C3CCC(Cl)CC3)C(C)(C)C2)C(C)C)C1.O.O.O.O. The van der Waals surface area contributed by atoms with Gasteiger partial charge in [-0.05, 0) is 113 Å². The summed E-state index contributed by atoms with van der Waals surface area (Å²) in [5.74, 6) is 4.23. The molecule has 1 aliphatic heterocycles. The van der Waals surface area contributed by atoms with E-state index in [4.69, 9.17) is 11.6 Å². The fourth-order valence-corrected chi connectivity index (χ4v) is 7.48. The Labute approximate surface area is 234 Å². The van der Waals surface area contributed by atoms with Crippen molar-refractivity contribution < 1.29 is 21.9 Å². The Balaban J connectivity index is -0.00000231. The molecule has 2 saturated carbocycles. The largest absolute Gasteiger partial charge is 0.412 e. The van der Waals surface area contributed by atoms with Gasteiger partial charge in [0.1, 0.15) is 0 Å². The number of rotatable bonds is 10. The van der Waals surface area contributed by atoms with Gasteiger partial charge in [0, 0.05) is 24.5 Å². The van der Waals surface area contributed by atoms with Crippen LogP contribution in [0.25, 0.3) is 0 Å². The number of likely N-dealkylation sites (tertiary alicyclic amines) is 1. The van der Waals surface area contributed by atoms with Crippen molar-refractivity contribution in [1.29, 1.82) is 0 Å². The summed E-state index contributed by atoms with van der Waals surface area (Å²) >= 11 is 6.40. The molecule has 0 bridgehead atoms. The van der Waals surface area contributed by atoms with Gasteiger partial charge in [0.15, 0.2) is 0 Å². The first kappa shape index (κ1) is 41.5. The van der Waals surface area contributed by atoms with Crippen LogP contribution in [0.5, 0.6) is 0 Å². The van der Waals surface area contributed by atoms with Gasteiger partial charge < -0.3 is 37.4 Å². The van der Waals surface area contributed by atoms with Gasteiger partial charge in [-0.2, -0.15) is 0 Å². The molecule has 10 N–H and O–H groups in total. The van der Waals surface area contributed by atoms with Gasteiger partial charge in [0.25, 0.3) is 0 Å². The van der Waals surface area contributed by atoms with Gasteiger partial charge in [-0.25, -0.2) is 0 Å². The average molecular weight is 556 g/mol. The average Bonchev–Trinajstić information content (AvgIpc) is 2.75. The van der Waals surface area contributed by atoms with E-state index in [1.54, 1.807) is 0 Å². The van der Waals surface area contributed by atoms with Crippen LogP contribution in [0.2, 0.25) is 0 Å². The van der Waals surface area contributed by atoms with Crippen molar-refractivity contribution in [2.45, 2.75) is 111 Å². The van der Waals surface area contributed by atoms with Crippen molar-refractivity contribution in [3.8, 4) is 0 Å². The van der Waals surface area contributed by atoms with E-state index in [1.165, 1.54) is 90.5 Å². The number of nitrogens with zero attached hydrogens (tertiary/aromatic N) is 1. The van der Waals surface area contributed by atoms with Gasteiger partial charge in [-0.3, -0.25) is 0 Å². The first-order valence-electron chi connectivity index (χ1n) is 14.1. The van der Waals surface area contributed by atoms with Crippen LogP contribution in [0.1, 0.15) is 99.8 Å². The summed E-state index contributed by atoms with van der Waals surface area (Å²) in [5, 5.41) is 8.06. The third kappa shape index (κ3) is 12.8. The summed E-state index contributed by atoms with van der Waals surface area (Å²) in [4.78, 5) is 2.79. The molecule has 0 spiro atoms. The minimum atomic E-state index is 0. The lowest BCUT2D eigenvalue weighted by Gasteiger charge is -2.49. The van der Waals surface area contributed by atoms with Crippen molar-refractivity contribution >= 4 is 11.6 Å². The van der Waals surface area contributed by atoms with E-state index in [-0.39, 0.29) is 29.3 Å². The predicted molar refractivity (Wildman–Crippen MR) is 162 cm³/mol. The molecule has 1 heterocycles. The Hall–Kier alpha value is 0.01000. The molecule has 1 saturated heterocycles. The summed E-state index contributed by atoms with van der Waals surface area (Å²) in [6, 6.07) is 0.614. The second-order valence-electron chi connectivity index (χ2n) is 12.6. The molecule has 2 aliphatic carbocycles. The van der Waals surface area contributed by atoms with Gasteiger partial charge in [0.05, 0.1) is 0 Å². The van der Waals surface area contributed by atoms with Crippen LogP contribution in [-0.2, 0) is 0 Å². The molecular formula is C29H66ClN3O4. The molecule has 3 unspecified atom stereocenters. The molecule has 3 aliphatic rings. The maximum atomic E-state index is 6.40. The fraction of sp³-hybridized carbons (Fsp3) is 1.00. The Morgan fingerprint density at radius 2 is 1.49 bits per heavy atom. The minimum Gasteiger partial charge on any atom is -0.412 e. The summed E-state index contributed by atoms with van der Waals surface area (Å²) in [6.07, 6.45) is 12.2. The van der Waals surface area contributed by atoms with E-state index in [9.17, 15) is 0 Å². The quantitative estimate of drug-likeness (QED) is 0.396. The third-order valence-corrected chi connectivity index (χ3v) is 9.60. The van der Waals surface area contributed by atoms with Crippen molar-refractivity contribution in [2.24, 2.45) is 35.0 Å². The van der Waals surface area contributed by atoms with Crippen molar-refractivity contribution in [3.63, 3.8) is 0 Å². The zero-order chi connectivity index (χ0) is 23.1. The molecule has 3 rings (SSSR count). The van der Waals surface area contributed by atoms with E-state index in [1.807, 2.05) is 0 Å². The molecule has 228 valence electrons. The van der Waals surface area contributed by atoms with Crippen LogP contribution >= 0.6 is 11.6 Å². The fourth-order valence-electron chi connectivity index (χ4n) is 7.22. The van der Waals surface area contributed by atoms with E-state index < -0.39 is 0 Å². The molecule has 7 nitrogen and oxygen atoms in total. The van der Waals surface area contributed by atoms with E-state index in [0.29, 0.717) is 22.8 Å². The highest BCUT2D eigenvalue weighted by Gasteiger charge is 2.41. The number of hydrogen-bond donors (Lipinski definition) is 2. The molecule has 37 heavy (non-hydrogen) atoms. The van der Waals surface area contributed by atoms with Crippen LogP contribution < -0.4 is 10.6 Å². The number of piperidine rings is 1. The third-order valence-electron chi connectivity index (χ3n) is 9.16. The Morgan fingerprint density at radius 3 is 2.03 bits per heavy atom. The number of hydrogen-bond acceptors (Lipinski definition) is 3. The highest BCUT2D eigenvalue weighted by Crippen LogP contribution is 2.45. The topological polar surface area (TPSA) is 153 Å². The summed E-state index contributed by atoms with van der Waals surface area (Å²) in [7, 11) is 0. The molecule has 0 radical (unpaired) electrons. The maximum absolute atomic E-state index is 6.40. The molecule has 4 atom stereocenters. The zero-order valence-electron chi connectivity index (χ0n) is 24.0. The summed E-state index contributed by atoms with van der Waals surface area (Å²) in [6.45, 7) is 19.4. The van der Waals surface area contributed by atoms with Gasteiger partial charge >= 0.3 is 0 Å². The smallest absolute Gasteiger partial charge is 0.0336 e. The number of halogens is 1.